The third kappa shape index (κ3) is 4.24. The molecule has 0 saturated carbocycles. The summed E-state index contributed by atoms with van der Waals surface area (Å²) in [7, 11) is 0. The first-order chi connectivity index (χ1) is 13.8. The molecule has 28 heavy (non-hydrogen) atoms. The largest absolute Gasteiger partial charge is 0.340 e. The molecule has 0 radical (unpaired) electrons. The van der Waals surface area contributed by atoms with E-state index >= 15 is 0 Å². The smallest absolute Gasteiger partial charge is 0.247 e. The highest BCUT2D eigenvalue weighted by Crippen LogP contribution is 2.36. The van der Waals surface area contributed by atoms with Crippen molar-refractivity contribution in [3.05, 3.63) is 48.0 Å². The molecule has 3 nitrogen and oxygen atoms in total. The normalized spacial score (nSPS) is 29.5. The number of hydrogen-bond acceptors (Lipinski definition) is 2. The van der Waals surface area contributed by atoms with Crippen LogP contribution < -0.4 is 0 Å². The van der Waals surface area contributed by atoms with Gasteiger partial charge in [-0.25, -0.2) is 0 Å². The predicted octanol–water partition coefficient (Wildman–Crippen LogP) is 5.38. The molecule has 1 amide bonds. The summed E-state index contributed by atoms with van der Waals surface area (Å²) in [6.45, 7) is 4.05. The van der Waals surface area contributed by atoms with Gasteiger partial charge in [-0.15, -0.1) is 0 Å². The van der Waals surface area contributed by atoms with E-state index in [2.05, 4.69) is 54.3 Å². The van der Waals surface area contributed by atoms with E-state index in [4.69, 9.17) is 4.99 Å². The van der Waals surface area contributed by atoms with Crippen LogP contribution in [0.15, 0.2) is 47.5 Å². The lowest BCUT2D eigenvalue weighted by atomic mass is 9.79. The zero-order valence-electron chi connectivity index (χ0n) is 17.2. The first kappa shape index (κ1) is 19.4. The predicted molar refractivity (Wildman–Crippen MR) is 116 cm³/mol. The number of allylic oxidation sites excluding steroid dienone is 1. The Kier molecular flexibility index (Phi) is 6.29. The molecule has 0 aromatic heterocycles. The highest BCUT2D eigenvalue weighted by molar-refractivity contribution is 5.97. The van der Waals surface area contributed by atoms with Crippen molar-refractivity contribution >= 4 is 11.6 Å². The fourth-order valence-corrected chi connectivity index (χ4v) is 5.27. The fraction of sp³-hybridized carbons (Fsp3) is 0.600. The Morgan fingerprint density at radius 1 is 1.18 bits per heavy atom. The summed E-state index contributed by atoms with van der Waals surface area (Å²) in [4.78, 5) is 20.4. The topological polar surface area (TPSA) is 32.7 Å². The number of likely N-dealkylation sites (tertiary alicyclic amines) is 1. The van der Waals surface area contributed by atoms with Crippen LogP contribution in [0.5, 0.6) is 0 Å². The van der Waals surface area contributed by atoms with Gasteiger partial charge in [0.25, 0.3) is 0 Å². The molecule has 1 fully saturated rings. The van der Waals surface area contributed by atoms with Crippen molar-refractivity contribution in [2.75, 3.05) is 13.1 Å². The summed E-state index contributed by atoms with van der Waals surface area (Å²) in [5.74, 6) is 1.93. The minimum atomic E-state index is -0.175. The minimum Gasteiger partial charge on any atom is -0.340 e. The monoisotopic (exact) mass is 378 g/mol. The number of carbonyl (C=O) groups excluding carboxylic acids is 1. The van der Waals surface area contributed by atoms with Crippen LogP contribution in [0.25, 0.3) is 0 Å². The quantitative estimate of drug-likeness (QED) is 0.483. The molecule has 1 aromatic rings. The van der Waals surface area contributed by atoms with E-state index in [0.29, 0.717) is 11.8 Å². The van der Waals surface area contributed by atoms with E-state index < -0.39 is 0 Å². The molecule has 1 aromatic carbocycles. The molecule has 150 valence electrons. The lowest BCUT2D eigenvalue weighted by Gasteiger charge is -2.39. The second-order valence-electron chi connectivity index (χ2n) is 8.79. The van der Waals surface area contributed by atoms with Crippen molar-refractivity contribution in [3.63, 3.8) is 0 Å². The van der Waals surface area contributed by atoms with Crippen molar-refractivity contribution in [1.82, 2.24) is 4.90 Å². The summed E-state index contributed by atoms with van der Waals surface area (Å²) in [6.07, 6.45) is 13.8. The Morgan fingerprint density at radius 3 is 2.86 bits per heavy atom. The van der Waals surface area contributed by atoms with Crippen molar-refractivity contribution in [1.29, 1.82) is 0 Å². The van der Waals surface area contributed by atoms with Gasteiger partial charge in [-0.05, 0) is 55.9 Å². The van der Waals surface area contributed by atoms with Crippen molar-refractivity contribution in [2.24, 2.45) is 16.8 Å². The first-order valence-corrected chi connectivity index (χ1v) is 11.3. The van der Waals surface area contributed by atoms with Gasteiger partial charge in [0, 0.05) is 24.7 Å². The zero-order chi connectivity index (χ0) is 19.3. The maximum absolute atomic E-state index is 13.3. The summed E-state index contributed by atoms with van der Waals surface area (Å²) in [6, 6.07) is 10.5. The molecule has 0 spiro atoms. The van der Waals surface area contributed by atoms with E-state index in [9.17, 15) is 4.79 Å². The molecule has 2 heterocycles. The SMILES string of the molecule is CCCCCC1=NC(C(=O)N2CCC3CCC=CC3C2)CC1c1ccccc1. The number of fused-ring (bicyclic) bond motifs is 1. The number of piperidine rings is 1. The molecule has 2 aliphatic heterocycles. The van der Waals surface area contributed by atoms with Gasteiger partial charge in [0.1, 0.15) is 6.04 Å². The van der Waals surface area contributed by atoms with Crippen LogP contribution in [0.1, 0.15) is 69.8 Å². The number of benzene rings is 1. The third-order valence-electron chi connectivity index (χ3n) is 6.91. The lowest BCUT2D eigenvalue weighted by Crippen LogP contribution is -2.47. The fourth-order valence-electron chi connectivity index (χ4n) is 5.27. The maximum atomic E-state index is 13.3. The second kappa shape index (κ2) is 9.07. The number of rotatable bonds is 6. The van der Waals surface area contributed by atoms with Crippen LogP contribution in [-0.4, -0.2) is 35.7 Å². The van der Waals surface area contributed by atoms with E-state index in [-0.39, 0.29) is 11.9 Å². The Hall–Kier alpha value is -1.90. The summed E-state index contributed by atoms with van der Waals surface area (Å²) < 4.78 is 0. The lowest BCUT2D eigenvalue weighted by molar-refractivity contribution is -0.134. The average Bonchev–Trinajstić information content (AvgIpc) is 3.18. The van der Waals surface area contributed by atoms with Gasteiger partial charge in [0.15, 0.2) is 0 Å². The molecular formula is C25H34N2O. The van der Waals surface area contributed by atoms with Gasteiger partial charge in [-0.2, -0.15) is 0 Å². The average molecular weight is 379 g/mol. The summed E-state index contributed by atoms with van der Waals surface area (Å²) in [5, 5.41) is 0. The van der Waals surface area contributed by atoms with Crippen LogP contribution in [0.2, 0.25) is 0 Å². The van der Waals surface area contributed by atoms with Crippen LogP contribution in [0, 0.1) is 11.8 Å². The van der Waals surface area contributed by atoms with Crippen LogP contribution in [-0.2, 0) is 4.79 Å². The number of carbonyl (C=O) groups is 1. The van der Waals surface area contributed by atoms with Gasteiger partial charge in [0.05, 0.1) is 0 Å². The number of aliphatic imine (C=N–C) groups is 1. The molecule has 0 bridgehead atoms. The Labute approximate surface area is 169 Å². The van der Waals surface area contributed by atoms with Crippen molar-refractivity contribution in [3.8, 4) is 0 Å². The Balaban J connectivity index is 1.46. The standard InChI is InChI=1S/C25H34N2O/c1-2-3-5-14-23-22(20-11-6-4-7-12-20)17-24(26-23)25(28)27-16-15-19-10-8-9-13-21(19)18-27/h4,6-7,9,11-13,19,21-22,24H,2-3,5,8,10,14-18H2,1H3. The molecule has 3 heteroatoms. The molecule has 4 rings (SSSR count). The number of hydrogen-bond donors (Lipinski definition) is 0. The maximum Gasteiger partial charge on any atom is 0.247 e. The Morgan fingerprint density at radius 2 is 2.04 bits per heavy atom. The van der Waals surface area contributed by atoms with Gasteiger partial charge in [-0.3, -0.25) is 9.79 Å². The van der Waals surface area contributed by atoms with E-state index in [1.165, 1.54) is 43.4 Å². The van der Waals surface area contributed by atoms with Crippen molar-refractivity contribution in [2.45, 2.75) is 70.3 Å². The molecule has 1 saturated heterocycles. The highest BCUT2D eigenvalue weighted by atomic mass is 16.2. The summed E-state index contributed by atoms with van der Waals surface area (Å²) >= 11 is 0. The number of unbranched alkanes of at least 4 members (excludes halogenated alkanes) is 2. The molecule has 4 atom stereocenters. The van der Waals surface area contributed by atoms with Crippen LogP contribution in [0.4, 0.5) is 0 Å². The van der Waals surface area contributed by atoms with Gasteiger partial charge >= 0.3 is 0 Å². The minimum absolute atomic E-state index is 0.175. The van der Waals surface area contributed by atoms with E-state index in [0.717, 1.165) is 38.3 Å². The highest BCUT2D eigenvalue weighted by Gasteiger charge is 2.38. The molecule has 3 aliphatic rings. The van der Waals surface area contributed by atoms with Gasteiger partial charge in [0.2, 0.25) is 5.91 Å². The number of nitrogens with zero attached hydrogens (tertiary/aromatic N) is 2. The van der Waals surface area contributed by atoms with Crippen LogP contribution in [0.3, 0.4) is 0 Å². The van der Waals surface area contributed by atoms with Gasteiger partial charge < -0.3 is 4.90 Å². The molecule has 1 aliphatic carbocycles. The molecule has 4 unspecified atom stereocenters. The molecular weight excluding hydrogens is 344 g/mol. The van der Waals surface area contributed by atoms with Crippen LogP contribution >= 0.6 is 0 Å². The van der Waals surface area contributed by atoms with Crippen molar-refractivity contribution < 1.29 is 4.79 Å². The third-order valence-corrected chi connectivity index (χ3v) is 6.91. The zero-order valence-corrected chi connectivity index (χ0v) is 17.2. The first-order valence-electron chi connectivity index (χ1n) is 11.3. The second-order valence-corrected chi connectivity index (χ2v) is 8.79. The Bertz CT molecular complexity index is 723. The van der Waals surface area contributed by atoms with E-state index in [1.54, 1.807) is 0 Å². The number of amides is 1. The molecule has 0 N–H and O–H groups in total. The van der Waals surface area contributed by atoms with Gasteiger partial charge in [-0.1, -0.05) is 62.2 Å². The van der Waals surface area contributed by atoms with E-state index in [1.807, 2.05) is 0 Å². The summed E-state index contributed by atoms with van der Waals surface area (Å²) in [5.41, 5.74) is 2.58.